The standard InChI is InChI=1S/C16H19FN2/c1-11-8-15(18)16(9-12(11)2)19(3)10-13-6-4-5-7-14(13)17/h4-9H,10,18H2,1-3H3. The van der Waals surface area contributed by atoms with Gasteiger partial charge in [0.25, 0.3) is 0 Å². The average molecular weight is 258 g/mol. The predicted molar refractivity (Wildman–Crippen MR) is 78.8 cm³/mol. The fraction of sp³-hybridized carbons (Fsp3) is 0.250. The number of nitrogens with two attached hydrogens (primary N) is 1. The van der Waals surface area contributed by atoms with Crippen molar-refractivity contribution in [1.29, 1.82) is 0 Å². The Morgan fingerprint density at radius 1 is 1.11 bits per heavy atom. The SMILES string of the molecule is Cc1cc(N)c(N(C)Cc2ccccc2F)cc1C. The van der Waals surface area contributed by atoms with Gasteiger partial charge in [0.15, 0.2) is 0 Å². The number of aryl methyl sites for hydroxylation is 2. The largest absolute Gasteiger partial charge is 0.397 e. The Morgan fingerprint density at radius 2 is 1.74 bits per heavy atom. The molecule has 0 aliphatic carbocycles. The zero-order valence-electron chi connectivity index (χ0n) is 11.6. The van der Waals surface area contributed by atoms with E-state index in [2.05, 4.69) is 6.92 Å². The van der Waals surface area contributed by atoms with E-state index in [1.165, 1.54) is 17.2 Å². The van der Waals surface area contributed by atoms with Gasteiger partial charge in [-0.05, 0) is 43.2 Å². The highest BCUT2D eigenvalue weighted by Gasteiger charge is 2.10. The third-order valence-electron chi connectivity index (χ3n) is 3.42. The summed E-state index contributed by atoms with van der Waals surface area (Å²) >= 11 is 0. The second kappa shape index (κ2) is 5.31. The van der Waals surface area contributed by atoms with Crippen molar-refractivity contribution in [3.05, 3.63) is 58.9 Å². The molecule has 2 nitrogen and oxygen atoms in total. The molecule has 2 aromatic rings. The monoisotopic (exact) mass is 258 g/mol. The zero-order chi connectivity index (χ0) is 14.0. The van der Waals surface area contributed by atoms with Crippen LogP contribution in [0.5, 0.6) is 0 Å². The summed E-state index contributed by atoms with van der Waals surface area (Å²) in [6.45, 7) is 4.58. The minimum atomic E-state index is -0.184. The molecule has 0 heterocycles. The molecule has 0 fully saturated rings. The van der Waals surface area contributed by atoms with E-state index in [1.807, 2.05) is 37.1 Å². The Hall–Kier alpha value is -2.03. The number of benzene rings is 2. The fourth-order valence-electron chi connectivity index (χ4n) is 2.12. The molecule has 2 rings (SSSR count). The van der Waals surface area contributed by atoms with Crippen LogP contribution in [0.3, 0.4) is 0 Å². The predicted octanol–water partition coefficient (Wildman–Crippen LogP) is 3.66. The number of nitrogens with zero attached hydrogens (tertiary/aromatic N) is 1. The van der Waals surface area contributed by atoms with Crippen molar-refractivity contribution in [2.75, 3.05) is 17.7 Å². The van der Waals surface area contributed by atoms with Crippen LogP contribution in [0.1, 0.15) is 16.7 Å². The number of halogens is 1. The molecule has 0 aliphatic rings. The Morgan fingerprint density at radius 3 is 2.42 bits per heavy atom. The second-order valence-electron chi connectivity index (χ2n) is 4.94. The molecular formula is C16H19FN2. The Labute approximate surface area is 113 Å². The van der Waals surface area contributed by atoms with Crippen molar-refractivity contribution in [2.45, 2.75) is 20.4 Å². The molecule has 19 heavy (non-hydrogen) atoms. The first-order valence-corrected chi connectivity index (χ1v) is 6.30. The van der Waals surface area contributed by atoms with Crippen LogP contribution < -0.4 is 10.6 Å². The van der Waals surface area contributed by atoms with Crippen LogP contribution in [0.15, 0.2) is 36.4 Å². The van der Waals surface area contributed by atoms with E-state index in [0.717, 1.165) is 11.4 Å². The lowest BCUT2D eigenvalue weighted by molar-refractivity contribution is 0.608. The Bertz CT molecular complexity index is 593. The van der Waals surface area contributed by atoms with Gasteiger partial charge in [0, 0.05) is 19.2 Å². The zero-order valence-corrected chi connectivity index (χ0v) is 11.6. The first-order valence-electron chi connectivity index (χ1n) is 6.30. The summed E-state index contributed by atoms with van der Waals surface area (Å²) in [4.78, 5) is 1.97. The molecular weight excluding hydrogens is 239 g/mol. The lowest BCUT2D eigenvalue weighted by Gasteiger charge is -2.22. The number of hydrogen-bond acceptors (Lipinski definition) is 2. The maximum absolute atomic E-state index is 13.7. The third kappa shape index (κ3) is 2.87. The van der Waals surface area contributed by atoms with Gasteiger partial charge in [0.1, 0.15) is 5.82 Å². The summed E-state index contributed by atoms with van der Waals surface area (Å²) in [5, 5.41) is 0. The quantitative estimate of drug-likeness (QED) is 0.851. The Balaban J connectivity index is 2.28. The summed E-state index contributed by atoms with van der Waals surface area (Å²) in [5.41, 5.74) is 10.7. The number of hydrogen-bond donors (Lipinski definition) is 1. The lowest BCUT2D eigenvalue weighted by atomic mass is 10.1. The van der Waals surface area contributed by atoms with E-state index in [4.69, 9.17) is 5.73 Å². The molecule has 0 unspecified atom stereocenters. The molecule has 0 spiro atoms. The maximum atomic E-state index is 13.7. The first kappa shape index (κ1) is 13.4. The summed E-state index contributed by atoms with van der Waals surface area (Å²) in [6, 6.07) is 10.8. The molecule has 3 heteroatoms. The highest BCUT2D eigenvalue weighted by atomic mass is 19.1. The number of rotatable bonds is 3. The smallest absolute Gasteiger partial charge is 0.128 e. The van der Waals surface area contributed by atoms with Crippen molar-refractivity contribution in [3.63, 3.8) is 0 Å². The minimum absolute atomic E-state index is 0.184. The molecule has 0 bridgehead atoms. The molecule has 2 aromatic carbocycles. The molecule has 0 saturated heterocycles. The van der Waals surface area contributed by atoms with Crippen LogP contribution in [0.4, 0.5) is 15.8 Å². The van der Waals surface area contributed by atoms with Gasteiger partial charge >= 0.3 is 0 Å². The molecule has 0 radical (unpaired) electrons. The highest BCUT2D eigenvalue weighted by molar-refractivity contribution is 5.69. The molecule has 100 valence electrons. The van der Waals surface area contributed by atoms with Crippen molar-refractivity contribution in [2.24, 2.45) is 0 Å². The second-order valence-corrected chi connectivity index (χ2v) is 4.94. The molecule has 0 aliphatic heterocycles. The van der Waals surface area contributed by atoms with Crippen molar-refractivity contribution < 1.29 is 4.39 Å². The van der Waals surface area contributed by atoms with E-state index >= 15 is 0 Å². The molecule has 2 N–H and O–H groups in total. The first-order chi connectivity index (χ1) is 8.99. The number of nitrogen functional groups attached to an aromatic ring is 1. The van der Waals surface area contributed by atoms with Crippen LogP contribution in [-0.4, -0.2) is 7.05 Å². The highest BCUT2D eigenvalue weighted by Crippen LogP contribution is 2.27. The van der Waals surface area contributed by atoms with Gasteiger partial charge in [-0.15, -0.1) is 0 Å². The van der Waals surface area contributed by atoms with Gasteiger partial charge < -0.3 is 10.6 Å². The van der Waals surface area contributed by atoms with E-state index in [-0.39, 0.29) is 5.82 Å². The van der Waals surface area contributed by atoms with Gasteiger partial charge in [-0.3, -0.25) is 0 Å². The van der Waals surface area contributed by atoms with Crippen LogP contribution in [-0.2, 0) is 6.54 Å². The Kier molecular flexibility index (Phi) is 3.74. The molecule has 0 amide bonds. The van der Waals surface area contributed by atoms with E-state index in [0.29, 0.717) is 12.1 Å². The van der Waals surface area contributed by atoms with E-state index < -0.39 is 0 Å². The summed E-state index contributed by atoms with van der Waals surface area (Å²) in [5.74, 6) is -0.184. The molecule has 0 saturated carbocycles. The fourth-order valence-corrected chi connectivity index (χ4v) is 2.12. The van der Waals surface area contributed by atoms with Crippen LogP contribution >= 0.6 is 0 Å². The lowest BCUT2D eigenvalue weighted by Crippen LogP contribution is -2.19. The molecule has 0 atom stereocenters. The van der Waals surface area contributed by atoms with Crippen LogP contribution in [0, 0.1) is 19.7 Å². The third-order valence-corrected chi connectivity index (χ3v) is 3.42. The van der Waals surface area contributed by atoms with Gasteiger partial charge in [0.2, 0.25) is 0 Å². The molecule has 0 aromatic heterocycles. The van der Waals surface area contributed by atoms with E-state index in [1.54, 1.807) is 12.1 Å². The van der Waals surface area contributed by atoms with Gasteiger partial charge in [-0.25, -0.2) is 4.39 Å². The van der Waals surface area contributed by atoms with Crippen molar-refractivity contribution in [3.8, 4) is 0 Å². The van der Waals surface area contributed by atoms with Crippen molar-refractivity contribution in [1.82, 2.24) is 0 Å². The van der Waals surface area contributed by atoms with Gasteiger partial charge in [-0.1, -0.05) is 18.2 Å². The topological polar surface area (TPSA) is 29.3 Å². The van der Waals surface area contributed by atoms with Crippen LogP contribution in [0.25, 0.3) is 0 Å². The maximum Gasteiger partial charge on any atom is 0.128 e. The normalized spacial score (nSPS) is 10.5. The summed E-state index contributed by atoms with van der Waals surface area (Å²) < 4.78 is 13.7. The average Bonchev–Trinajstić information content (AvgIpc) is 2.36. The number of anilines is 2. The summed E-state index contributed by atoms with van der Waals surface area (Å²) in [7, 11) is 1.92. The van der Waals surface area contributed by atoms with E-state index in [9.17, 15) is 4.39 Å². The summed E-state index contributed by atoms with van der Waals surface area (Å²) in [6.07, 6.45) is 0. The van der Waals surface area contributed by atoms with Crippen LogP contribution in [0.2, 0.25) is 0 Å². The minimum Gasteiger partial charge on any atom is -0.397 e. The van der Waals surface area contributed by atoms with Gasteiger partial charge in [0.05, 0.1) is 11.4 Å². The van der Waals surface area contributed by atoms with Gasteiger partial charge in [-0.2, -0.15) is 0 Å². The van der Waals surface area contributed by atoms with Crippen molar-refractivity contribution >= 4 is 11.4 Å².